The van der Waals surface area contributed by atoms with E-state index in [2.05, 4.69) is 22.9 Å². The number of carbonyl (C=O) groups excluding carboxylic acids is 1. The second kappa shape index (κ2) is 3.99. The Hall–Kier alpha value is -0.540. The highest BCUT2D eigenvalue weighted by Gasteiger charge is 2.43. The first-order valence-corrected chi connectivity index (χ1v) is 7.15. The number of hydrogen-bond acceptors (Lipinski definition) is 1. The van der Waals surface area contributed by atoms with Crippen LogP contribution in [0.4, 0.5) is 0 Å². The van der Waals surface area contributed by atoms with Gasteiger partial charge >= 0.3 is 0 Å². The number of benzene rings is 1. The van der Waals surface area contributed by atoms with E-state index in [9.17, 15) is 4.79 Å². The summed E-state index contributed by atoms with van der Waals surface area (Å²) in [6.45, 7) is 2.13. The molecule has 0 radical (unpaired) electrons. The van der Waals surface area contributed by atoms with Gasteiger partial charge in [-0.1, -0.05) is 39.7 Å². The van der Waals surface area contributed by atoms with Gasteiger partial charge in [-0.3, -0.25) is 4.79 Å². The normalized spacial score (nSPS) is 25.0. The molecule has 3 rings (SSSR count). The average molecular weight is 315 g/mol. The number of amides is 1. The topological polar surface area (TPSA) is 20.3 Å². The van der Waals surface area contributed by atoms with Gasteiger partial charge in [-0.15, -0.1) is 0 Å². The van der Waals surface area contributed by atoms with Crippen LogP contribution in [0.1, 0.15) is 40.6 Å². The summed E-state index contributed by atoms with van der Waals surface area (Å²) in [5.74, 6) is 0.721. The molecule has 4 heteroatoms. The van der Waals surface area contributed by atoms with Crippen LogP contribution in [0, 0.1) is 5.92 Å². The molecule has 1 fully saturated rings. The Balaban J connectivity index is 2.02. The molecule has 0 aromatic heterocycles. The van der Waals surface area contributed by atoms with E-state index in [4.69, 9.17) is 11.6 Å². The zero-order chi connectivity index (χ0) is 12.2. The number of alkyl halides is 1. The van der Waals surface area contributed by atoms with Crippen LogP contribution < -0.4 is 0 Å². The Morgan fingerprint density at radius 2 is 2.18 bits per heavy atom. The highest BCUT2D eigenvalue weighted by molar-refractivity contribution is 9.09. The largest absolute Gasteiger partial charge is 0.319 e. The maximum Gasteiger partial charge on any atom is 0.257 e. The number of fused-ring (bicyclic) bond motifs is 1. The maximum absolute atomic E-state index is 12.4. The van der Waals surface area contributed by atoms with Crippen molar-refractivity contribution in [3.05, 3.63) is 34.3 Å². The number of hydrogen-bond donors (Lipinski definition) is 0. The Morgan fingerprint density at radius 3 is 2.76 bits per heavy atom. The molecular weight excluding hydrogens is 302 g/mol. The Kier molecular flexibility index (Phi) is 2.71. The first-order chi connectivity index (χ1) is 8.11. The monoisotopic (exact) mass is 313 g/mol. The predicted molar refractivity (Wildman–Crippen MR) is 71.5 cm³/mol. The van der Waals surface area contributed by atoms with Crippen molar-refractivity contribution in [2.24, 2.45) is 5.92 Å². The predicted octanol–water partition coefficient (Wildman–Crippen LogP) is 3.99. The Bertz CT molecular complexity index is 486. The summed E-state index contributed by atoms with van der Waals surface area (Å²) < 4.78 is 0. The second-order valence-electron chi connectivity index (χ2n) is 4.83. The lowest BCUT2D eigenvalue weighted by Crippen LogP contribution is -2.36. The number of nitrogens with zero attached hydrogens (tertiary/aromatic N) is 1. The highest BCUT2D eigenvalue weighted by Crippen LogP contribution is 2.46. The molecule has 1 aromatic carbocycles. The molecule has 0 bridgehead atoms. The smallest absolute Gasteiger partial charge is 0.257 e. The number of rotatable bonds is 2. The van der Waals surface area contributed by atoms with E-state index in [0.29, 0.717) is 16.5 Å². The lowest BCUT2D eigenvalue weighted by atomic mass is 10.1. The van der Waals surface area contributed by atoms with Crippen LogP contribution >= 0.6 is 27.5 Å². The van der Waals surface area contributed by atoms with E-state index in [0.717, 1.165) is 5.56 Å². The van der Waals surface area contributed by atoms with Gasteiger partial charge in [-0.2, -0.15) is 0 Å². The molecule has 2 atom stereocenters. The van der Waals surface area contributed by atoms with E-state index in [1.54, 1.807) is 6.07 Å². The first-order valence-electron chi connectivity index (χ1n) is 5.86. The average Bonchev–Trinajstić information content (AvgIpc) is 3.08. The minimum atomic E-state index is -0.0284. The molecule has 1 aliphatic heterocycles. The van der Waals surface area contributed by atoms with Crippen LogP contribution in [0.3, 0.4) is 0 Å². The fraction of sp³-hybridized carbons (Fsp3) is 0.462. The zero-order valence-electron chi connectivity index (χ0n) is 9.49. The minimum absolute atomic E-state index is 0.0284. The standard InChI is InChI=1S/C13H13BrClNO/c1-7(8-5-6-8)16-12(14)9-3-2-4-10(15)11(9)13(16)17/h2-4,7-8,12H,5-6H2,1H3/t7-,12?/m0/s1. The Morgan fingerprint density at radius 1 is 1.47 bits per heavy atom. The molecule has 1 aromatic rings. The van der Waals surface area contributed by atoms with Gasteiger partial charge in [0.2, 0.25) is 0 Å². The van der Waals surface area contributed by atoms with Crippen LogP contribution in [0.2, 0.25) is 5.02 Å². The van der Waals surface area contributed by atoms with Gasteiger partial charge in [0.25, 0.3) is 5.91 Å². The van der Waals surface area contributed by atoms with Gasteiger partial charge in [0.15, 0.2) is 0 Å². The molecule has 17 heavy (non-hydrogen) atoms. The molecule has 90 valence electrons. The third kappa shape index (κ3) is 1.71. The van der Waals surface area contributed by atoms with E-state index in [-0.39, 0.29) is 16.9 Å². The van der Waals surface area contributed by atoms with Crippen molar-refractivity contribution in [3.63, 3.8) is 0 Å². The van der Waals surface area contributed by atoms with Crippen molar-refractivity contribution in [1.29, 1.82) is 0 Å². The van der Waals surface area contributed by atoms with Crippen LogP contribution in [0.5, 0.6) is 0 Å². The van der Waals surface area contributed by atoms with Gasteiger partial charge in [0.05, 0.1) is 10.6 Å². The Labute approximate surface area is 114 Å². The quantitative estimate of drug-likeness (QED) is 0.597. The van der Waals surface area contributed by atoms with Gasteiger partial charge < -0.3 is 4.90 Å². The molecule has 2 nitrogen and oxygen atoms in total. The fourth-order valence-electron chi connectivity index (χ4n) is 2.54. The highest BCUT2D eigenvalue weighted by atomic mass is 79.9. The maximum atomic E-state index is 12.4. The van der Waals surface area contributed by atoms with Crippen molar-refractivity contribution in [3.8, 4) is 0 Å². The molecule has 0 spiro atoms. The molecule has 1 saturated carbocycles. The fourth-order valence-corrected chi connectivity index (χ4v) is 3.75. The third-order valence-electron chi connectivity index (χ3n) is 3.74. The molecule has 0 saturated heterocycles. The van der Waals surface area contributed by atoms with Crippen molar-refractivity contribution in [2.75, 3.05) is 0 Å². The van der Waals surface area contributed by atoms with Gasteiger partial charge in [-0.05, 0) is 37.3 Å². The summed E-state index contributed by atoms with van der Waals surface area (Å²) in [5.41, 5.74) is 1.67. The second-order valence-corrected chi connectivity index (χ2v) is 6.10. The zero-order valence-corrected chi connectivity index (χ0v) is 11.8. The summed E-state index contributed by atoms with van der Waals surface area (Å²) in [6, 6.07) is 5.94. The molecule has 1 aliphatic carbocycles. The molecule has 1 heterocycles. The summed E-state index contributed by atoms with van der Waals surface area (Å²) in [5, 5.41) is 0.558. The molecule has 2 aliphatic rings. The lowest BCUT2D eigenvalue weighted by molar-refractivity contribution is 0.0695. The summed E-state index contributed by atoms with van der Waals surface area (Å²) in [4.78, 5) is 14.3. The summed E-state index contributed by atoms with van der Waals surface area (Å²) in [7, 11) is 0. The van der Waals surface area contributed by atoms with Crippen molar-refractivity contribution in [1.82, 2.24) is 4.90 Å². The lowest BCUT2D eigenvalue weighted by Gasteiger charge is -2.28. The van der Waals surface area contributed by atoms with Crippen LogP contribution in [-0.2, 0) is 0 Å². The van der Waals surface area contributed by atoms with Crippen molar-refractivity contribution < 1.29 is 4.79 Å². The number of carbonyl (C=O) groups is 1. The molecule has 1 amide bonds. The van der Waals surface area contributed by atoms with Crippen molar-refractivity contribution in [2.45, 2.75) is 30.8 Å². The molecule has 1 unspecified atom stereocenters. The van der Waals surface area contributed by atoms with E-state index in [1.807, 2.05) is 17.0 Å². The van der Waals surface area contributed by atoms with Gasteiger partial charge in [0, 0.05) is 6.04 Å². The van der Waals surface area contributed by atoms with Crippen LogP contribution in [-0.4, -0.2) is 16.8 Å². The molecule has 0 N–H and O–H groups in total. The summed E-state index contributed by atoms with van der Waals surface area (Å²) >= 11 is 9.75. The van der Waals surface area contributed by atoms with Crippen LogP contribution in [0.15, 0.2) is 18.2 Å². The first kappa shape index (κ1) is 11.5. The van der Waals surface area contributed by atoms with E-state index >= 15 is 0 Å². The third-order valence-corrected chi connectivity index (χ3v) is 4.99. The van der Waals surface area contributed by atoms with E-state index < -0.39 is 0 Å². The number of halogens is 2. The molecular formula is C13H13BrClNO. The SMILES string of the molecule is C[C@@H](C1CC1)N1C(=O)c2c(Cl)cccc2C1Br. The van der Waals surface area contributed by atoms with Crippen molar-refractivity contribution >= 4 is 33.4 Å². The van der Waals surface area contributed by atoms with Gasteiger partial charge in [0.1, 0.15) is 4.95 Å². The van der Waals surface area contributed by atoms with Gasteiger partial charge in [-0.25, -0.2) is 0 Å². The van der Waals surface area contributed by atoms with E-state index in [1.165, 1.54) is 12.8 Å². The summed E-state index contributed by atoms with van der Waals surface area (Å²) in [6.07, 6.45) is 2.46. The minimum Gasteiger partial charge on any atom is -0.319 e. The van der Waals surface area contributed by atoms with Crippen LogP contribution in [0.25, 0.3) is 0 Å².